The van der Waals surface area contributed by atoms with Crippen LogP contribution in [0.25, 0.3) is 5.57 Å². The maximum Gasteiger partial charge on any atom is 0.294 e. The van der Waals surface area contributed by atoms with Crippen molar-refractivity contribution in [2.24, 2.45) is 0 Å². The Balaban J connectivity index is 1.43. The summed E-state index contributed by atoms with van der Waals surface area (Å²) < 4.78 is 0. The van der Waals surface area contributed by atoms with E-state index in [2.05, 4.69) is 9.80 Å². The van der Waals surface area contributed by atoms with Gasteiger partial charge >= 0.3 is 0 Å². The van der Waals surface area contributed by atoms with Gasteiger partial charge in [0.25, 0.3) is 17.1 Å². The number of thioether (sulfide) groups is 1. The van der Waals surface area contributed by atoms with Gasteiger partial charge in [-0.25, -0.2) is 0 Å². The molecule has 8 heteroatoms. The number of fused-ring (bicyclic) bond motifs is 1. The van der Waals surface area contributed by atoms with Crippen molar-refractivity contribution < 1.29 is 14.4 Å². The average Bonchev–Trinajstić information content (AvgIpc) is 3.23. The fourth-order valence-electron chi connectivity index (χ4n) is 4.91. The van der Waals surface area contributed by atoms with E-state index < -0.39 is 0 Å². The number of nitrogens with zero attached hydrogens (tertiary/aromatic N) is 4. The summed E-state index contributed by atoms with van der Waals surface area (Å²) in [5.74, 6) is -0.506. The van der Waals surface area contributed by atoms with Gasteiger partial charge in [0.2, 0.25) is 0 Å². The lowest BCUT2D eigenvalue weighted by molar-refractivity contribution is -0.124. The number of carbonyl (C=O) groups is 3. The van der Waals surface area contributed by atoms with Crippen LogP contribution >= 0.6 is 11.8 Å². The van der Waals surface area contributed by atoms with Gasteiger partial charge in [-0.3, -0.25) is 34.0 Å². The van der Waals surface area contributed by atoms with Crippen LogP contribution < -0.4 is 4.90 Å². The number of carbonyl (C=O) groups excluding carboxylic acids is 3. The summed E-state index contributed by atoms with van der Waals surface area (Å²) in [6.45, 7) is 4.60. The molecule has 0 N–H and O–H groups in total. The second-order valence-electron chi connectivity index (χ2n) is 8.70. The minimum absolute atomic E-state index is 0.171. The molecule has 0 bridgehead atoms. The molecule has 31 heavy (non-hydrogen) atoms. The van der Waals surface area contributed by atoms with E-state index in [1.54, 1.807) is 4.90 Å². The number of hydrogen-bond acceptors (Lipinski definition) is 6. The number of rotatable bonds is 4. The summed E-state index contributed by atoms with van der Waals surface area (Å²) in [5, 5.41) is -0.280. The van der Waals surface area contributed by atoms with Crippen molar-refractivity contribution in [3.63, 3.8) is 0 Å². The van der Waals surface area contributed by atoms with Crippen LogP contribution in [0.4, 0.5) is 10.5 Å². The topological polar surface area (TPSA) is 64.2 Å². The van der Waals surface area contributed by atoms with Gasteiger partial charge in [0.15, 0.2) is 0 Å². The zero-order valence-electron chi connectivity index (χ0n) is 17.7. The van der Waals surface area contributed by atoms with Crippen molar-refractivity contribution in [3.8, 4) is 0 Å². The van der Waals surface area contributed by atoms with Crippen molar-refractivity contribution >= 4 is 40.1 Å². The average molecular weight is 441 g/mol. The van der Waals surface area contributed by atoms with Crippen LogP contribution in [0.3, 0.4) is 0 Å². The number of hydrogen-bond donors (Lipinski definition) is 0. The summed E-state index contributed by atoms with van der Waals surface area (Å²) >= 11 is 0.912. The van der Waals surface area contributed by atoms with Gasteiger partial charge in [0.05, 0.1) is 29.5 Å². The number of benzene rings is 1. The van der Waals surface area contributed by atoms with E-state index in [9.17, 15) is 14.4 Å². The SMILES string of the molecule is O=C1S/C(=C2/C(=O)N(CN3CCCCC3)c3ccccc32)C(=O)N1CN1CCCCC1. The number of piperidine rings is 2. The molecule has 7 nitrogen and oxygen atoms in total. The van der Waals surface area contributed by atoms with E-state index in [1.165, 1.54) is 17.7 Å². The van der Waals surface area contributed by atoms with Crippen LogP contribution in [0.15, 0.2) is 29.2 Å². The standard InChI is InChI=1S/C23H28N4O3S/c28-21-19(20-22(29)27(23(30)31-20)16-25-13-7-2-8-14-25)17-9-3-4-10-18(17)26(21)15-24-11-5-1-6-12-24/h3-4,9-10H,1-2,5-8,11-16H2/b20-19+. The molecule has 1 aromatic rings. The van der Waals surface area contributed by atoms with Crippen molar-refractivity contribution in [2.75, 3.05) is 44.4 Å². The predicted molar refractivity (Wildman–Crippen MR) is 121 cm³/mol. The van der Waals surface area contributed by atoms with Gasteiger partial charge in [-0.05, 0) is 69.7 Å². The molecular formula is C23H28N4O3S. The minimum Gasteiger partial charge on any atom is -0.294 e. The monoisotopic (exact) mass is 440 g/mol. The fraction of sp³-hybridized carbons (Fsp3) is 0.522. The van der Waals surface area contributed by atoms with E-state index >= 15 is 0 Å². The highest BCUT2D eigenvalue weighted by Crippen LogP contribution is 2.44. The fourth-order valence-corrected chi connectivity index (χ4v) is 5.84. The van der Waals surface area contributed by atoms with Gasteiger partial charge in [-0.15, -0.1) is 0 Å². The van der Waals surface area contributed by atoms with Crippen molar-refractivity contribution in [1.82, 2.24) is 14.7 Å². The molecule has 3 fully saturated rings. The third-order valence-electron chi connectivity index (χ3n) is 6.58. The summed E-state index contributed by atoms with van der Waals surface area (Å²) in [5.41, 5.74) is 1.97. The molecular weight excluding hydrogens is 412 g/mol. The Bertz CT molecular complexity index is 935. The third-order valence-corrected chi connectivity index (χ3v) is 7.56. The first-order chi connectivity index (χ1) is 15.1. The molecule has 5 rings (SSSR count). The van der Waals surface area contributed by atoms with Gasteiger partial charge < -0.3 is 0 Å². The van der Waals surface area contributed by atoms with Gasteiger partial charge in [0, 0.05) is 5.56 Å². The normalized spacial score (nSPS) is 25.6. The van der Waals surface area contributed by atoms with Crippen molar-refractivity contribution in [3.05, 3.63) is 34.7 Å². The quantitative estimate of drug-likeness (QED) is 0.670. The van der Waals surface area contributed by atoms with E-state index in [1.807, 2.05) is 24.3 Å². The van der Waals surface area contributed by atoms with Gasteiger partial charge in [-0.2, -0.15) is 0 Å². The lowest BCUT2D eigenvalue weighted by Crippen LogP contribution is -2.43. The van der Waals surface area contributed by atoms with E-state index in [-0.39, 0.29) is 22.0 Å². The highest BCUT2D eigenvalue weighted by molar-refractivity contribution is 8.18. The molecule has 0 spiro atoms. The van der Waals surface area contributed by atoms with Crippen LogP contribution in [-0.2, 0) is 9.59 Å². The molecule has 4 heterocycles. The van der Waals surface area contributed by atoms with E-state index in [4.69, 9.17) is 0 Å². The number of para-hydroxylation sites is 1. The lowest BCUT2D eigenvalue weighted by atomic mass is 10.1. The summed E-state index contributed by atoms with van der Waals surface area (Å²) in [6, 6.07) is 7.62. The second kappa shape index (κ2) is 8.76. The Labute approximate surface area is 187 Å². The maximum atomic E-state index is 13.5. The molecule has 0 unspecified atom stereocenters. The lowest BCUT2D eigenvalue weighted by Gasteiger charge is -2.30. The van der Waals surface area contributed by atoms with Crippen LogP contribution in [-0.4, -0.2) is 71.3 Å². The summed E-state index contributed by atoms with van der Waals surface area (Å²) in [6.07, 6.45) is 6.90. The van der Waals surface area contributed by atoms with Crippen LogP contribution in [0.5, 0.6) is 0 Å². The first-order valence-corrected chi connectivity index (χ1v) is 12.1. The van der Waals surface area contributed by atoms with E-state index in [0.29, 0.717) is 18.9 Å². The van der Waals surface area contributed by atoms with Crippen molar-refractivity contribution in [1.29, 1.82) is 0 Å². The second-order valence-corrected chi connectivity index (χ2v) is 9.66. The Morgan fingerprint density at radius 1 is 0.710 bits per heavy atom. The largest absolute Gasteiger partial charge is 0.294 e. The number of imide groups is 1. The molecule has 0 atom stereocenters. The molecule has 1 aromatic carbocycles. The molecule has 0 radical (unpaired) electrons. The third kappa shape index (κ3) is 3.92. The van der Waals surface area contributed by atoms with Crippen LogP contribution in [0, 0.1) is 0 Å². The molecule has 0 aliphatic carbocycles. The van der Waals surface area contributed by atoms with Crippen molar-refractivity contribution in [2.45, 2.75) is 38.5 Å². The highest BCUT2D eigenvalue weighted by Gasteiger charge is 2.44. The Morgan fingerprint density at radius 3 is 1.94 bits per heavy atom. The molecule has 3 saturated heterocycles. The Hall–Kier alpha value is -2.16. The predicted octanol–water partition coefficient (Wildman–Crippen LogP) is 3.33. The molecule has 0 saturated carbocycles. The highest BCUT2D eigenvalue weighted by atomic mass is 32.2. The Kier molecular flexibility index (Phi) is 5.86. The van der Waals surface area contributed by atoms with Crippen LogP contribution in [0.2, 0.25) is 0 Å². The van der Waals surface area contributed by atoms with E-state index in [0.717, 1.165) is 74.9 Å². The molecule has 0 aromatic heterocycles. The number of amides is 3. The summed E-state index contributed by atoms with van der Waals surface area (Å²) in [4.78, 5) is 47.3. The first kappa shape index (κ1) is 20.7. The Morgan fingerprint density at radius 2 is 1.29 bits per heavy atom. The zero-order chi connectivity index (χ0) is 21.4. The van der Waals surface area contributed by atoms with Crippen LogP contribution in [0.1, 0.15) is 44.1 Å². The van der Waals surface area contributed by atoms with Gasteiger partial charge in [-0.1, -0.05) is 31.0 Å². The first-order valence-electron chi connectivity index (χ1n) is 11.3. The molecule has 164 valence electrons. The molecule has 3 amide bonds. The maximum absolute atomic E-state index is 13.5. The van der Waals surface area contributed by atoms with Gasteiger partial charge in [0.1, 0.15) is 0 Å². The molecule has 4 aliphatic rings. The molecule has 4 aliphatic heterocycles. The number of anilines is 1. The zero-order valence-corrected chi connectivity index (χ0v) is 18.5. The smallest absolute Gasteiger partial charge is 0.294 e. The minimum atomic E-state index is -0.335. The summed E-state index contributed by atoms with van der Waals surface area (Å²) in [7, 11) is 0. The number of likely N-dealkylation sites (tertiary alicyclic amines) is 2.